The van der Waals surface area contributed by atoms with E-state index in [4.69, 9.17) is 0 Å². The van der Waals surface area contributed by atoms with Crippen LogP contribution in [0.2, 0.25) is 0 Å². The summed E-state index contributed by atoms with van der Waals surface area (Å²) in [4.78, 5) is 35.3. The van der Waals surface area contributed by atoms with Crippen LogP contribution in [0.1, 0.15) is 26.0 Å². The molecule has 2 fully saturated rings. The summed E-state index contributed by atoms with van der Waals surface area (Å²) in [6.45, 7) is 8.87. The van der Waals surface area contributed by atoms with Gasteiger partial charge in [0, 0.05) is 70.0 Å². The third-order valence-electron chi connectivity index (χ3n) is 5.23. The van der Waals surface area contributed by atoms with Crippen LogP contribution in [0.5, 0.6) is 0 Å². The van der Waals surface area contributed by atoms with Gasteiger partial charge in [0.1, 0.15) is 0 Å². The quantitative estimate of drug-likeness (QED) is 0.800. The van der Waals surface area contributed by atoms with Crippen LogP contribution in [0, 0.1) is 5.92 Å². The van der Waals surface area contributed by atoms with E-state index in [1.165, 1.54) is 0 Å². The van der Waals surface area contributed by atoms with Crippen LogP contribution < -0.4 is 0 Å². The summed E-state index contributed by atoms with van der Waals surface area (Å²) in [7, 11) is 0. The fourth-order valence-electron chi connectivity index (χ4n) is 3.66. The molecule has 0 aliphatic carbocycles. The first-order chi connectivity index (χ1) is 12.0. The smallest absolute Gasteiger partial charge is 0.228 e. The summed E-state index contributed by atoms with van der Waals surface area (Å²) in [5.41, 5.74) is 1.11. The van der Waals surface area contributed by atoms with E-state index in [9.17, 15) is 9.59 Å². The Morgan fingerprint density at radius 2 is 2.00 bits per heavy atom. The van der Waals surface area contributed by atoms with Crippen molar-refractivity contribution < 1.29 is 9.59 Å². The van der Waals surface area contributed by atoms with E-state index >= 15 is 0 Å². The Morgan fingerprint density at radius 3 is 2.60 bits per heavy atom. The lowest BCUT2D eigenvalue weighted by molar-refractivity contribution is -0.137. The number of aromatic nitrogens is 1. The van der Waals surface area contributed by atoms with Gasteiger partial charge in [-0.15, -0.1) is 0 Å². The second-order valence-electron chi connectivity index (χ2n) is 7.28. The molecule has 25 heavy (non-hydrogen) atoms. The number of amides is 2. The first-order valence-electron chi connectivity index (χ1n) is 9.25. The number of rotatable bonds is 5. The minimum atomic E-state index is -0.157. The molecule has 1 atom stereocenters. The highest BCUT2D eigenvalue weighted by atomic mass is 16.2. The Kier molecular flexibility index (Phi) is 5.68. The second-order valence-corrected chi connectivity index (χ2v) is 7.28. The van der Waals surface area contributed by atoms with Gasteiger partial charge in [-0.3, -0.25) is 19.5 Å². The highest BCUT2D eigenvalue weighted by molar-refractivity contribution is 5.89. The van der Waals surface area contributed by atoms with Crippen molar-refractivity contribution in [3.8, 4) is 0 Å². The van der Waals surface area contributed by atoms with E-state index < -0.39 is 0 Å². The molecule has 1 aromatic rings. The number of hydrogen-bond acceptors (Lipinski definition) is 4. The molecule has 2 aliphatic heterocycles. The number of piperazine rings is 1. The van der Waals surface area contributed by atoms with Gasteiger partial charge in [0.2, 0.25) is 11.8 Å². The molecule has 6 nitrogen and oxygen atoms in total. The molecule has 1 aromatic heterocycles. The minimum Gasteiger partial charge on any atom is -0.340 e. The van der Waals surface area contributed by atoms with Crippen molar-refractivity contribution in [3.05, 3.63) is 30.1 Å². The van der Waals surface area contributed by atoms with Gasteiger partial charge in [-0.25, -0.2) is 0 Å². The Bertz CT molecular complexity index is 597. The van der Waals surface area contributed by atoms with E-state index in [0.29, 0.717) is 13.0 Å². The molecule has 1 unspecified atom stereocenters. The summed E-state index contributed by atoms with van der Waals surface area (Å²) >= 11 is 0. The van der Waals surface area contributed by atoms with Crippen molar-refractivity contribution >= 4 is 11.8 Å². The molecular formula is C19H28N4O2. The van der Waals surface area contributed by atoms with Crippen molar-refractivity contribution in [2.75, 3.05) is 39.3 Å². The summed E-state index contributed by atoms with van der Waals surface area (Å²) in [5.74, 6) is 0.109. The van der Waals surface area contributed by atoms with Crippen molar-refractivity contribution in [2.45, 2.75) is 32.7 Å². The van der Waals surface area contributed by atoms with Crippen molar-refractivity contribution in [1.29, 1.82) is 0 Å². The van der Waals surface area contributed by atoms with Crippen molar-refractivity contribution in [2.24, 2.45) is 5.92 Å². The number of likely N-dealkylation sites (tertiary alicyclic amines) is 1. The molecule has 0 N–H and O–H groups in total. The van der Waals surface area contributed by atoms with Crippen LogP contribution in [-0.4, -0.2) is 76.8 Å². The van der Waals surface area contributed by atoms with Gasteiger partial charge in [0.05, 0.1) is 5.92 Å². The summed E-state index contributed by atoms with van der Waals surface area (Å²) in [6.07, 6.45) is 3.14. The largest absolute Gasteiger partial charge is 0.340 e. The van der Waals surface area contributed by atoms with Gasteiger partial charge in [-0.2, -0.15) is 0 Å². The van der Waals surface area contributed by atoms with Gasteiger partial charge in [-0.1, -0.05) is 6.07 Å². The monoisotopic (exact) mass is 344 g/mol. The summed E-state index contributed by atoms with van der Waals surface area (Å²) in [5, 5.41) is 0. The number of hydrogen-bond donors (Lipinski definition) is 0. The highest BCUT2D eigenvalue weighted by Crippen LogP contribution is 2.22. The third kappa shape index (κ3) is 4.37. The Hall–Kier alpha value is -1.95. The maximum atomic E-state index is 12.7. The van der Waals surface area contributed by atoms with Gasteiger partial charge in [-0.05, 0) is 26.0 Å². The molecule has 0 saturated carbocycles. The van der Waals surface area contributed by atoms with E-state index in [1.807, 2.05) is 42.0 Å². The van der Waals surface area contributed by atoms with Crippen molar-refractivity contribution in [1.82, 2.24) is 19.7 Å². The summed E-state index contributed by atoms with van der Waals surface area (Å²) in [6, 6.07) is 6.18. The van der Waals surface area contributed by atoms with Crippen LogP contribution >= 0.6 is 0 Å². The molecular weight excluding hydrogens is 316 g/mol. The highest BCUT2D eigenvalue weighted by Gasteiger charge is 2.38. The first-order valence-corrected chi connectivity index (χ1v) is 9.25. The zero-order chi connectivity index (χ0) is 17.8. The maximum Gasteiger partial charge on any atom is 0.228 e. The molecule has 2 saturated heterocycles. The SMILES string of the molecule is CC(C)N1CC(C(=O)N2CCN(CCc3ccccn3)CC2)CC1=O. The van der Waals surface area contributed by atoms with Crippen LogP contribution in [-0.2, 0) is 16.0 Å². The zero-order valence-corrected chi connectivity index (χ0v) is 15.2. The number of nitrogens with zero attached hydrogens (tertiary/aromatic N) is 4. The predicted octanol–water partition coefficient (Wildman–Crippen LogP) is 1.03. The minimum absolute atomic E-state index is 0.113. The molecule has 0 spiro atoms. The fraction of sp³-hybridized carbons (Fsp3) is 0.632. The van der Waals surface area contributed by atoms with E-state index in [-0.39, 0.29) is 23.8 Å². The average Bonchev–Trinajstić information content (AvgIpc) is 3.03. The fourth-order valence-corrected chi connectivity index (χ4v) is 3.66. The van der Waals surface area contributed by atoms with Crippen LogP contribution in [0.15, 0.2) is 24.4 Å². The maximum absolute atomic E-state index is 12.7. The van der Waals surface area contributed by atoms with Gasteiger partial charge >= 0.3 is 0 Å². The number of carbonyl (C=O) groups is 2. The molecule has 0 aromatic carbocycles. The van der Waals surface area contributed by atoms with Gasteiger partial charge in [0.15, 0.2) is 0 Å². The molecule has 2 amide bonds. The van der Waals surface area contributed by atoms with E-state index in [1.54, 1.807) is 0 Å². The summed E-state index contributed by atoms with van der Waals surface area (Å²) < 4.78 is 0. The molecule has 0 radical (unpaired) electrons. The normalized spacial score (nSPS) is 22.0. The lowest BCUT2D eigenvalue weighted by Crippen LogP contribution is -2.51. The standard InChI is InChI=1S/C19H28N4O2/c1-15(2)23-14-16(13-18(23)24)19(25)22-11-9-21(10-12-22)8-6-17-5-3-4-7-20-17/h3-5,7,15-16H,6,8-14H2,1-2H3. The molecule has 3 rings (SSSR count). The Balaban J connectivity index is 1.44. The first kappa shape index (κ1) is 17.9. The molecule has 0 bridgehead atoms. The van der Waals surface area contributed by atoms with Crippen LogP contribution in [0.25, 0.3) is 0 Å². The Labute approximate surface area is 149 Å². The zero-order valence-electron chi connectivity index (χ0n) is 15.2. The lowest BCUT2D eigenvalue weighted by atomic mass is 10.1. The topological polar surface area (TPSA) is 56.8 Å². The Morgan fingerprint density at radius 1 is 1.24 bits per heavy atom. The predicted molar refractivity (Wildman–Crippen MR) is 95.9 cm³/mol. The number of pyridine rings is 1. The molecule has 6 heteroatoms. The van der Waals surface area contributed by atoms with E-state index in [2.05, 4.69) is 16.0 Å². The number of carbonyl (C=O) groups excluding carboxylic acids is 2. The third-order valence-corrected chi connectivity index (χ3v) is 5.23. The average molecular weight is 344 g/mol. The molecule has 3 heterocycles. The van der Waals surface area contributed by atoms with Crippen molar-refractivity contribution in [3.63, 3.8) is 0 Å². The van der Waals surface area contributed by atoms with Crippen LogP contribution in [0.4, 0.5) is 0 Å². The van der Waals surface area contributed by atoms with Crippen LogP contribution in [0.3, 0.4) is 0 Å². The van der Waals surface area contributed by atoms with E-state index in [0.717, 1.165) is 44.8 Å². The molecule has 136 valence electrons. The second kappa shape index (κ2) is 7.95. The lowest BCUT2D eigenvalue weighted by Gasteiger charge is -2.36. The van der Waals surface area contributed by atoms with Gasteiger partial charge in [0.25, 0.3) is 0 Å². The molecule has 2 aliphatic rings. The van der Waals surface area contributed by atoms with Gasteiger partial charge < -0.3 is 9.80 Å².